The maximum Gasteiger partial charge on any atom is 0.306 e. The third-order valence-corrected chi connectivity index (χ3v) is 12.5. The summed E-state index contributed by atoms with van der Waals surface area (Å²) in [7, 11) is 0. The van der Waals surface area contributed by atoms with Gasteiger partial charge in [-0.25, -0.2) is 0 Å². The van der Waals surface area contributed by atoms with Crippen LogP contribution in [0.3, 0.4) is 0 Å². The van der Waals surface area contributed by atoms with Crippen LogP contribution in [0.2, 0.25) is 0 Å². The molecule has 6 heteroatoms. The minimum Gasteiger partial charge on any atom is -0.462 e. The van der Waals surface area contributed by atoms with E-state index in [0.29, 0.717) is 19.3 Å². The summed E-state index contributed by atoms with van der Waals surface area (Å²) in [4.78, 5) is 38.1. The fourth-order valence-electron chi connectivity index (χ4n) is 8.17. The molecule has 66 heavy (non-hydrogen) atoms. The molecule has 0 aromatic rings. The number of unbranched alkanes of at least 4 members (excludes halogenated alkanes) is 33. The first-order valence-corrected chi connectivity index (χ1v) is 28.6. The smallest absolute Gasteiger partial charge is 0.306 e. The van der Waals surface area contributed by atoms with Gasteiger partial charge in [-0.1, -0.05) is 223 Å². The number of hydrogen-bond donors (Lipinski definition) is 0. The van der Waals surface area contributed by atoms with Crippen LogP contribution in [-0.2, 0) is 28.6 Å². The largest absolute Gasteiger partial charge is 0.462 e. The van der Waals surface area contributed by atoms with Gasteiger partial charge >= 0.3 is 17.9 Å². The molecule has 384 valence electrons. The lowest BCUT2D eigenvalue weighted by molar-refractivity contribution is -0.167. The Kier molecular flexibility index (Phi) is 52.8. The lowest BCUT2D eigenvalue weighted by Gasteiger charge is -2.18. The molecule has 0 radical (unpaired) electrons. The molecule has 0 spiro atoms. The van der Waals surface area contributed by atoms with Gasteiger partial charge in [0.2, 0.25) is 0 Å². The molecule has 0 aromatic heterocycles. The summed E-state index contributed by atoms with van der Waals surface area (Å²) in [6.45, 7) is 6.61. The van der Waals surface area contributed by atoms with Crippen molar-refractivity contribution in [2.45, 2.75) is 303 Å². The highest BCUT2D eigenvalue weighted by Gasteiger charge is 2.19. The van der Waals surface area contributed by atoms with E-state index >= 15 is 0 Å². The molecule has 0 N–H and O–H groups in total. The van der Waals surface area contributed by atoms with Crippen LogP contribution in [0.1, 0.15) is 297 Å². The van der Waals surface area contributed by atoms with Gasteiger partial charge in [0.15, 0.2) is 6.10 Å². The standard InChI is InChI=1S/C60H108O6/c1-4-7-10-13-16-19-22-25-27-29-31-32-35-38-41-44-47-50-53-59(62)65-56-57(55-64-58(61)52-49-46-43-40-37-34-24-21-18-15-12-9-6-3)66-60(63)54-51-48-45-42-39-36-33-30-28-26-23-20-17-14-11-8-5-2/h19,21-22,24,26-29,57H,4-18,20,23,25,30-56H2,1-3H3/b22-19-,24-21-,28-26-,29-27-. The van der Waals surface area contributed by atoms with E-state index in [1.54, 1.807) is 0 Å². The second-order valence-electron chi connectivity index (χ2n) is 19.2. The number of ether oxygens (including phenoxy) is 3. The van der Waals surface area contributed by atoms with E-state index in [-0.39, 0.29) is 31.1 Å². The van der Waals surface area contributed by atoms with Gasteiger partial charge in [-0.2, -0.15) is 0 Å². The van der Waals surface area contributed by atoms with Crippen LogP contribution < -0.4 is 0 Å². The fourth-order valence-corrected chi connectivity index (χ4v) is 8.17. The molecule has 0 amide bonds. The predicted octanol–water partition coefficient (Wildman–Crippen LogP) is 19.0. The Morgan fingerprint density at radius 3 is 0.864 bits per heavy atom. The minimum absolute atomic E-state index is 0.0803. The molecule has 0 fully saturated rings. The molecule has 0 saturated heterocycles. The predicted molar refractivity (Wildman–Crippen MR) is 284 cm³/mol. The van der Waals surface area contributed by atoms with E-state index in [2.05, 4.69) is 69.4 Å². The number of carbonyl (C=O) groups excluding carboxylic acids is 3. The van der Waals surface area contributed by atoms with Crippen molar-refractivity contribution in [3.63, 3.8) is 0 Å². The third-order valence-electron chi connectivity index (χ3n) is 12.5. The molecular formula is C60H108O6. The maximum absolute atomic E-state index is 12.8. The average Bonchev–Trinajstić information content (AvgIpc) is 3.31. The van der Waals surface area contributed by atoms with Crippen LogP contribution in [-0.4, -0.2) is 37.2 Å². The molecule has 0 saturated carbocycles. The number of hydrogen-bond acceptors (Lipinski definition) is 6. The van der Waals surface area contributed by atoms with Crippen molar-refractivity contribution in [2.75, 3.05) is 13.2 Å². The van der Waals surface area contributed by atoms with Crippen molar-refractivity contribution in [1.29, 1.82) is 0 Å². The van der Waals surface area contributed by atoms with E-state index < -0.39 is 6.10 Å². The minimum atomic E-state index is -0.781. The summed E-state index contributed by atoms with van der Waals surface area (Å²) < 4.78 is 16.9. The Labute approximate surface area is 409 Å². The average molecular weight is 926 g/mol. The van der Waals surface area contributed by atoms with E-state index in [4.69, 9.17) is 14.2 Å². The van der Waals surface area contributed by atoms with Crippen molar-refractivity contribution in [1.82, 2.24) is 0 Å². The van der Waals surface area contributed by atoms with E-state index in [0.717, 1.165) is 77.0 Å². The molecule has 1 unspecified atom stereocenters. The molecule has 0 bridgehead atoms. The third kappa shape index (κ3) is 52.3. The Morgan fingerprint density at radius 1 is 0.303 bits per heavy atom. The number of rotatable bonds is 52. The first-order chi connectivity index (χ1) is 32.5. The van der Waals surface area contributed by atoms with Gasteiger partial charge in [-0.3, -0.25) is 14.4 Å². The van der Waals surface area contributed by atoms with Gasteiger partial charge in [-0.15, -0.1) is 0 Å². The van der Waals surface area contributed by atoms with Gasteiger partial charge < -0.3 is 14.2 Å². The normalized spacial score (nSPS) is 12.3. The number of esters is 3. The van der Waals surface area contributed by atoms with Gasteiger partial charge in [0, 0.05) is 19.3 Å². The highest BCUT2D eigenvalue weighted by atomic mass is 16.6. The highest BCUT2D eigenvalue weighted by molar-refractivity contribution is 5.71. The fraction of sp³-hybridized carbons (Fsp3) is 0.817. The molecule has 0 aliphatic heterocycles. The van der Waals surface area contributed by atoms with Gasteiger partial charge in [0.1, 0.15) is 13.2 Å². The first kappa shape index (κ1) is 63.4. The first-order valence-electron chi connectivity index (χ1n) is 28.6. The van der Waals surface area contributed by atoms with Gasteiger partial charge in [-0.05, 0) is 103 Å². The van der Waals surface area contributed by atoms with Crippen molar-refractivity contribution >= 4 is 17.9 Å². The monoisotopic (exact) mass is 925 g/mol. The molecule has 0 aliphatic carbocycles. The topological polar surface area (TPSA) is 78.9 Å². The zero-order valence-corrected chi connectivity index (χ0v) is 44.0. The highest BCUT2D eigenvalue weighted by Crippen LogP contribution is 2.15. The second kappa shape index (κ2) is 55.0. The summed E-state index contributed by atoms with van der Waals surface area (Å²) in [6.07, 6.45) is 66.6. The lowest BCUT2D eigenvalue weighted by atomic mass is 10.1. The SMILES string of the molecule is CCCCCC/C=C\C/C=C\CCCCCCCCCC(=O)OCC(COC(=O)CCCCCCC/C=C\CCCCCC)OC(=O)CCCCCCCCC/C=C\CCCCCCCC. The summed E-state index contributed by atoms with van der Waals surface area (Å²) in [6, 6.07) is 0. The Morgan fingerprint density at radius 2 is 0.545 bits per heavy atom. The molecule has 0 aromatic carbocycles. The molecule has 6 nitrogen and oxygen atoms in total. The maximum atomic E-state index is 12.8. The zero-order chi connectivity index (χ0) is 47.9. The van der Waals surface area contributed by atoms with Crippen LogP contribution in [0.4, 0.5) is 0 Å². The Hall–Kier alpha value is -2.63. The summed E-state index contributed by atoms with van der Waals surface area (Å²) >= 11 is 0. The van der Waals surface area contributed by atoms with Crippen LogP contribution in [0.5, 0.6) is 0 Å². The Balaban J connectivity index is 4.37. The molecule has 0 heterocycles. The second-order valence-corrected chi connectivity index (χ2v) is 19.2. The summed E-state index contributed by atoms with van der Waals surface area (Å²) in [5, 5.41) is 0. The van der Waals surface area contributed by atoms with E-state index in [9.17, 15) is 14.4 Å². The molecule has 1 atom stereocenters. The van der Waals surface area contributed by atoms with Gasteiger partial charge in [0.25, 0.3) is 0 Å². The van der Waals surface area contributed by atoms with Crippen molar-refractivity contribution in [3.05, 3.63) is 48.6 Å². The van der Waals surface area contributed by atoms with Gasteiger partial charge in [0.05, 0.1) is 0 Å². The molecular weight excluding hydrogens is 817 g/mol. The molecule has 0 aliphatic rings. The van der Waals surface area contributed by atoms with Crippen molar-refractivity contribution in [3.8, 4) is 0 Å². The summed E-state index contributed by atoms with van der Waals surface area (Å²) in [5.41, 5.74) is 0. The molecule has 0 rings (SSSR count). The van der Waals surface area contributed by atoms with Crippen LogP contribution in [0, 0.1) is 0 Å². The van der Waals surface area contributed by atoms with Crippen molar-refractivity contribution < 1.29 is 28.6 Å². The summed E-state index contributed by atoms with van der Waals surface area (Å²) in [5.74, 6) is -0.889. The van der Waals surface area contributed by atoms with Crippen LogP contribution in [0.25, 0.3) is 0 Å². The zero-order valence-electron chi connectivity index (χ0n) is 44.0. The van der Waals surface area contributed by atoms with Crippen LogP contribution in [0.15, 0.2) is 48.6 Å². The Bertz CT molecular complexity index is 1150. The van der Waals surface area contributed by atoms with E-state index in [1.807, 2.05) is 0 Å². The quantitative estimate of drug-likeness (QED) is 0.0262. The number of allylic oxidation sites excluding steroid dienone is 8. The number of carbonyl (C=O) groups is 3. The lowest BCUT2D eigenvalue weighted by Crippen LogP contribution is -2.30. The van der Waals surface area contributed by atoms with E-state index in [1.165, 1.54) is 180 Å². The van der Waals surface area contributed by atoms with Crippen LogP contribution >= 0.6 is 0 Å². The van der Waals surface area contributed by atoms with Crippen molar-refractivity contribution in [2.24, 2.45) is 0 Å².